The molecule has 0 aliphatic heterocycles. The molecule has 2 aromatic carbocycles. The number of aromatic nitrogens is 1. The van der Waals surface area contributed by atoms with E-state index in [9.17, 15) is 12.8 Å². The van der Waals surface area contributed by atoms with Crippen LogP contribution in [0.25, 0.3) is 10.9 Å². The van der Waals surface area contributed by atoms with Gasteiger partial charge in [0.05, 0.1) is 15.8 Å². The molecular formula is C19H21FN2O2S2. The van der Waals surface area contributed by atoms with Crippen molar-refractivity contribution in [2.45, 2.75) is 29.0 Å². The lowest BCUT2D eigenvalue weighted by molar-refractivity contribution is 0.402. The highest BCUT2D eigenvalue weighted by atomic mass is 32.2. The van der Waals surface area contributed by atoms with Crippen molar-refractivity contribution in [3.8, 4) is 0 Å². The van der Waals surface area contributed by atoms with Crippen LogP contribution < -0.4 is 0 Å². The Morgan fingerprint density at radius 3 is 2.31 bits per heavy atom. The van der Waals surface area contributed by atoms with Crippen LogP contribution in [0.4, 0.5) is 4.39 Å². The average Bonchev–Trinajstić information content (AvgIpc) is 2.88. The Morgan fingerprint density at radius 1 is 1.08 bits per heavy atom. The van der Waals surface area contributed by atoms with Crippen LogP contribution in [0, 0.1) is 12.7 Å². The fourth-order valence-corrected chi connectivity index (χ4v) is 5.49. The molecule has 0 saturated heterocycles. The molecule has 0 N–H and O–H groups in total. The van der Waals surface area contributed by atoms with Crippen LogP contribution in [0.2, 0.25) is 0 Å². The normalized spacial score (nSPS) is 13.5. The van der Waals surface area contributed by atoms with E-state index in [0.29, 0.717) is 11.2 Å². The van der Waals surface area contributed by atoms with Crippen molar-refractivity contribution in [3.05, 3.63) is 60.0 Å². The summed E-state index contributed by atoms with van der Waals surface area (Å²) in [5, 5.41) is 1.08. The fourth-order valence-electron chi connectivity index (χ4n) is 2.76. The quantitative estimate of drug-likeness (QED) is 0.479. The van der Waals surface area contributed by atoms with Crippen LogP contribution >= 0.6 is 11.8 Å². The summed E-state index contributed by atoms with van der Waals surface area (Å²) in [6, 6.07) is 12.4. The van der Waals surface area contributed by atoms with Crippen molar-refractivity contribution in [2.75, 3.05) is 14.1 Å². The molecule has 1 atom stereocenters. The molecule has 0 aliphatic carbocycles. The SMILES string of the molecule is Cc1c(SC(C)N(C)C)c2ccccc2n1S(=O)(=O)c1ccc(F)cc1. The average molecular weight is 393 g/mol. The molecule has 0 radical (unpaired) electrons. The molecule has 1 aromatic heterocycles. The molecular weight excluding hydrogens is 371 g/mol. The standard InChI is InChI=1S/C19H21FN2O2S2/c1-13-19(25-14(2)21(3)4)17-7-5-6-8-18(17)22(13)26(23,24)16-11-9-15(20)10-12-16/h5-12,14H,1-4H3. The van der Waals surface area contributed by atoms with E-state index in [1.165, 1.54) is 16.1 Å². The van der Waals surface area contributed by atoms with Gasteiger partial charge in [-0.1, -0.05) is 18.2 Å². The van der Waals surface area contributed by atoms with Crippen molar-refractivity contribution in [1.29, 1.82) is 0 Å². The topological polar surface area (TPSA) is 42.3 Å². The molecule has 138 valence electrons. The van der Waals surface area contributed by atoms with Gasteiger partial charge in [-0.3, -0.25) is 4.90 Å². The third kappa shape index (κ3) is 3.26. The predicted molar refractivity (Wildman–Crippen MR) is 105 cm³/mol. The maximum Gasteiger partial charge on any atom is 0.268 e. The van der Waals surface area contributed by atoms with Gasteiger partial charge in [-0.05, 0) is 58.3 Å². The van der Waals surface area contributed by atoms with Crippen molar-refractivity contribution in [3.63, 3.8) is 0 Å². The summed E-state index contributed by atoms with van der Waals surface area (Å²) in [5.74, 6) is -0.464. The number of para-hydroxylation sites is 1. The zero-order valence-corrected chi connectivity index (χ0v) is 16.7. The molecule has 0 spiro atoms. The van der Waals surface area contributed by atoms with E-state index in [2.05, 4.69) is 11.8 Å². The molecule has 4 nitrogen and oxygen atoms in total. The zero-order chi connectivity index (χ0) is 19.1. The van der Waals surface area contributed by atoms with E-state index in [-0.39, 0.29) is 10.3 Å². The van der Waals surface area contributed by atoms with E-state index in [4.69, 9.17) is 0 Å². The fraction of sp³-hybridized carbons (Fsp3) is 0.263. The number of fused-ring (bicyclic) bond motifs is 1. The van der Waals surface area contributed by atoms with Gasteiger partial charge in [-0.15, -0.1) is 11.8 Å². The van der Waals surface area contributed by atoms with Gasteiger partial charge in [0.2, 0.25) is 0 Å². The minimum atomic E-state index is -3.83. The highest BCUT2D eigenvalue weighted by molar-refractivity contribution is 8.00. The molecule has 7 heteroatoms. The summed E-state index contributed by atoms with van der Waals surface area (Å²) >= 11 is 1.62. The lowest BCUT2D eigenvalue weighted by atomic mass is 10.2. The molecule has 0 saturated carbocycles. The summed E-state index contributed by atoms with van der Waals surface area (Å²) in [4.78, 5) is 3.08. The van der Waals surface area contributed by atoms with E-state index < -0.39 is 15.8 Å². The number of halogens is 1. The molecule has 26 heavy (non-hydrogen) atoms. The maximum atomic E-state index is 13.2. The van der Waals surface area contributed by atoms with Crippen LogP contribution in [0.3, 0.4) is 0 Å². The van der Waals surface area contributed by atoms with Gasteiger partial charge in [0.15, 0.2) is 0 Å². The van der Waals surface area contributed by atoms with Crippen molar-refractivity contribution in [2.24, 2.45) is 0 Å². The number of rotatable bonds is 5. The summed E-state index contributed by atoms with van der Waals surface area (Å²) < 4.78 is 41.1. The van der Waals surface area contributed by atoms with Crippen LogP contribution in [0.1, 0.15) is 12.6 Å². The third-order valence-electron chi connectivity index (χ3n) is 4.37. The van der Waals surface area contributed by atoms with Crippen LogP contribution in [-0.2, 0) is 10.0 Å². The molecule has 0 bridgehead atoms. The summed E-state index contributed by atoms with van der Waals surface area (Å²) in [6.07, 6.45) is 0. The van der Waals surface area contributed by atoms with Crippen LogP contribution in [-0.4, -0.2) is 36.8 Å². The van der Waals surface area contributed by atoms with E-state index in [0.717, 1.165) is 22.4 Å². The summed E-state index contributed by atoms with van der Waals surface area (Å²) in [6.45, 7) is 3.89. The van der Waals surface area contributed by atoms with Gasteiger partial charge in [-0.2, -0.15) is 0 Å². The Balaban J connectivity index is 2.23. The van der Waals surface area contributed by atoms with Crippen LogP contribution in [0.5, 0.6) is 0 Å². The molecule has 3 aromatic rings. The van der Waals surface area contributed by atoms with Crippen molar-refractivity contribution in [1.82, 2.24) is 8.87 Å². The molecule has 1 heterocycles. The molecule has 3 rings (SSSR count). The zero-order valence-electron chi connectivity index (χ0n) is 15.1. The maximum absolute atomic E-state index is 13.2. The Hall–Kier alpha value is -1.83. The summed E-state index contributed by atoms with van der Waals surface area (Å²) in [5.41, 5.74) is 1.29. The Labute approximate surface area is 157 Å². The number of hydrogen-bond acceptors (Lipinski definition) is 4. The number of nitrogens with zero attached hydrogens (tertiary/aromatic N) is 2. The first-order valence-electron chi connectivity index (χ1n) is 8.17. The smallest absolute Gasteiger partial charge is 0.268 e. The lowest BCUT2D eigenvalue weighted by Crippen LogP contribution is -2.21. The molecule has 0 aliphatic rings. The van der Waals surface area contributed by atoms with Gasteiger partial charge in [0, 0.05) is 16.0 Å². The van der Waals surface area contributed by atoms with Gasteiger partial charge in [0.1, 0.15) is 5.82 Å². The molecule has 1 unspecified atom stereocenters. The molecule has 0 amide bonds. The Kier molecular flexibility index (Phi) is 5.14. The third-order valence-corrected chi connectivity index (χ3v) is 7.70. The Morgan fingerprint density at radius 2 is 1.69 bits per heavy atom. The number of benzene rings is 2. The number of thioether (sulfide) groups is 1. The van der Waals surface area contributed by atoms with Gasteiger partial charge < -0.3 is 0 Å². The van der Waals surface area contributed by atoms with Crippen molar-refractivity contribution >= 4 is 32.7 Å². The summed E-state index contributed by atoms with van der Waals surface area (Å²) in [7, 11) is 0.150. The highest BCUT2D eigenvalue weighted by Gasteiger charge is 2.26. The van der Waals surface area contributed by atoms with E-state index >= 15 is 0 Å². The monoisotopic (exact) mass is 392 g/mol. The minimum Gasteiger partial charge on any atom is -0.298 e. The van der Waals surface area contributed by atoms with Crippen LogP contribution in [0.15, 0.2) is 58.3 Å². The second-order valence-electron chi connectivity index (χ2n) is 6.34. The number of hydrogen-bond donors (Lipinski definition) is 0. The largest absolute Gasteiger partial charge is 0.298 e. The van der Waals surface area contributed by atoms with Gasteiger partial charge in [0.25, 0.3) is 10.0 Å². The van der Waals surface area contributed by atoms with E-state index in [1.54, 1.807) is 17.8 Å². The van der Waals surface area contributed by atoms with Crippen molar-refractivity contribution < 1.29 is 12.8 Å². The van der Waals surface area contributed by atoms with Gasteiger partial charge in [-0.25, -0.2) is 16.8 Å². The lowest BCUT2D eigenvalue weighted by Gasteiger charge is -2.19. The predicted octanol–water partition coefficient (Wildman–Crippen LogP) is 4.33. The first-order valence-corrected chi connectivity index (χ1v) is 10.5. The first kappa shape index (κ1) is 18.9. The highest BCUT2D eigenvalue weighted by Crippen LogP contribution is 2.38. The van der Waals surface area contributed by atoms with Gasteiger partial charge >= 0.3 is 0 Å². The second-order valence-corrected chi connectivity index (χ2v) is 9.45. The minimum absolute atomic E-state index is 0.0694. The van der Waals surface area contributed by atoms with E-state index in [1.807, 2.05) is 39.2 Å². The second kappa shape index (κ2) is 7.06. The molecule has 0 fully saturated rings. The Bertz CT molecular complexity index is 1040. The first-order chi connectivity index (χ1) is 12.2.